The first-order chi connectivity index (χ1) is 6.56. The third kappa shape index (κ3) is 7.86. The van der Waals surface area contributed by atoms with Gasteiger partial charge in [0, 0.05) is 6.54 Å². The molecule has 1 N–H and O–H groups in total. The SMILES string of the molecule is CCC(C)OC(=O)NCCCN(C)C. The predicted octanol–water partition coefficient (Wildman–Crippen LogP) is 1.46. The summed E-state index contributed by atoms with van der Waals surface area (Å²) in [5.41, 5.74) is 0. The molecule has 0 spiro atoms. The van der Waals surface area contributed by atoms with Crippen LogP contribution in [-0.4, -0.2) is 44.3 Å². The van der Waals surface area contributed by atoms with Crippen molar-refractivity contribution in [3.63, 3.8) is 0 Å². The van der Waals surface area contributed by atoms with Crippen molar-refractivity contribution in [2.45, 2.75) is 32.8 Å². The van der Waals surface area contributed by atoms with E-state index in [0.717, 1.165) is 19.4 Å². The van der Waals surface area contributed by atoms with Gasteiger partial charge in [0.15, 0.2) is 0 Å². The van der Waals surface area contributed by atoms with Gasteiger partial charge in [-0.1, -0.05) is 6.92 Å². The Kier molecular flexibility index (Phi) is 7.20. The van der Waals surface area contributed by atoms with Crippen LogP contribution < -0.4 is 5.32 Å². The Morgan fingerprint density at radius 3 is 2.64 bits per heavy atom. The Labute approximate surface area is 86.6 Å². The molecule has 0 saturated carbocycles. The summed E-state index contributed by atoms with van der Waals surface area (Å²) in [6.45, 7) is 5.53. The zero-order valence-corrected chi connectivity index (χ0v) is 9.67. The van der Waals surface area contributed by atoms with E-state index in [1.165, 1.54) is 0 Å². The second-order valence-electron chi connectivity index (χ2n) is 3.71. The topological polar surface area (TPSA) is 41.6 Å². The van der Waals surface area contributed by atoms with Gasteiger partial charge in [-0.3, -0.25) is 0 Å². The van der Waals surface area contributed by atoms with Crippen molar-refractivity contribution in [2.24, 2.45) is 0 Å². The Morgan fingerprint density at radius 1 is 1.50 bits per heavy atom. The largest absolute Gasteiger partial charge is 0.447 e. The zero-order chi connectivity index (χ0) is 11.0. The van der Waals surface area contributed by atoms with Gasteiger partial charge in [0.1, 0.15) is 6.10 Å². The summed E-state index contributed by atoms with van der Waals surface area (Å²) in [6, 6.07) is 0. The van der Waals surface area contributed by atoms with Crippen LogP contribution in [0.4, 0.5) is 4.79 Å². The number of nitrogens with zero attached hydrogens (tertiary/aromatic N) is 1. The second-order valence-corrected chi connectivity index (χ2v) is 3.71. The average molecular weight is 202 g/mol. The van der Waals surface area contributed by atoms with Crippen LogP contribution in [0.15, 0.2) is 0 Å². The molecule has 0 aromatic heterocycles. The van der Waals surface area contributed by atoms with Crippen LogP contribution >= 0.6 is 0 Å². The molecular weight excluding hydrogens is 180 g/mol. The van der Waals surface area contributed by atoms with Gasteiger partial charge in [0.25, 0.3) is 0 Å². The number of alkyl carbamates (subject to hydrolysis) is 1. The molecule has 0 aromatic rings. The van der Waals surface area contributed by atoms with E-state index in [-0.39, 0.29) is 12.2 Å². The van der Waals surface area contributed by atoms with E-state index in [1.54, 1.807) is 0 Å². The summed E-state index contributed by atoms with van der Waals surface area (Å²) in [4.78, 5) is 13.2. The smallest absolute Gasteiger partial charge is 0.407 e. The monoisotopic (exact) mass is 202 g/mol. The number of carbonyl (C=O) groups is 1. The number of hydrogen-bond donors (Lipinski definition) is 1. The van der Waals surface area contributed by atoms with Crippen molar-refractivity contribution in [3.05, 3.63) is 0 Å². The summed E-state index contributed by atoms with van der Waals surface area (Å²) < 4.78 is 5.04. The summed E-state index contributed by atoms with van der Waals surface area (Å²) in [7, 11) is 4.02. The van der Waals surface area contributed by atoms with Crippen molar-refractivity contribution in [2.75, 3.05) is 27.2 Å². The lowest BCUT2D eigenvalue weighted by Crippen LogP contribution is -2.30. The van der Waals surface area contributed by atoms with E-state index in [0.29, 0.717) is 6.54 Å². The van der Waals surface area contributed by atoms with Crippen LogP contribution in [0.2, 0.25) is 0 Å². The van der Waals surface area contributed by atoms with Gasteiger partial charge in [-0.2, -0.15) is 0 Å². The third-order valence-electron chi connectivity index (χ3n) is 1.93. The summed E-state index contributed by atoms with van der Waals surface area (Å²) >= 11 is 0. The average Bonchev–Trinajstić information content (AvgIpc) is 2.12. The normalized spacial score (nSPS) is 12.6. The predicted molar refractivity (Wildman–Crippen MR) is 57.4 cm³/mol. The Hall–Kier alpha value is -0.770. The first kappa shape index (κ1) is 13.2. The molecule has 1 amide bonds. The quantitative estimate of drug-likeness (QED) is 0.663. The maximum atomic E-state index is 11.1. The maximum Gasteiger partial charge on any atom is 0.407 e. The van der Waals surface area contributed by atoms with Gasteiger partial charge >= 0.3 is 6.09 Å². The van der Waals surface area contributed by atoms with Crippen LogP contribution in [0.25, 0.3) is 0 Å². The minimum absolute atomic E-state index is 0.00356. The standard InChI is InChI=1S/C10H22N2O2/c1-5-9(2)14-10(13)11-7-6-8-12(3)4/h9H,5-8H2,1-4H3,(H,11,13). The number of hydrogen-bond acceptors (Lipinski definition) is 3. The molecule has 1 atom stereocenters. The molecule has 84 valence electrons. The highest BCUT2D eigenvalue weighted by Crippen LogP contribution is 1.95. The summed E-state index contributed by atoms with van der Waals surface area (Å²) in [5.74, 6) is 0. The van der Waals surface area contributed by atoms with Gasteiger partial charge in [0.2, 0.25) is 0 Å². The van der Waals surface area contributed by atoms with E-state index < -0.39 is 0 Å². The number of nitrogens with one attached hydrogen (secondary N) is 1. The van der Waals surface area contributed by atoms with Crippen molar-refractivity contribution >= 4 is 6.09 Å². The molecule has 0 saturated heterocycles. The van der Waals surface area contributed by atoms with Crippen LogP contribution in [-0.2, 0) is 4.74 Å². The first-order valence-corrected chi connectivity index (χ1v) is 5.15. The fourth-order valence-electron chi connectivity index (χ4n) is 0.893. The lowest BCUT2D eigenvalue weighted by molar-refractivity contribution is 0.105. The van der Waals surface area contributed by atoms with Gasteiger partial charge in [-0.05, 0) is 40.4 Å². The van der Waals surface area contributed by atoms with E-state index in [9.17, 15) is 4.79 Å². The van der Waals surface area contributed by atoms with Crippen molar-refractivity contribution < 1.29 is 9.53 Å². The number of carbonyl (C=O) groups excluding carboxylic acids is 1. The van der Waals surface area contributed by atoms with Crippen LogP contribution in [0.5, 0.6) is 0 Å². The maximum absolute atomic E-state index is 11.1. The molecule has 0 radical (unpaired) electrons. The molecule has 0 fully saturated rings. The summed E-state index contributed by atoms with van der Waals surface area (Å²) in [6.07, 6.45) is 1.50. The molecule has 0 aromatic carbocycles. The van der Waals surface area contributed by atoms with E-state index in [1.807, 2.05) is 27.9 Å². The fraction of sp³-hybridized carbons (Fsp3) is 0.900. The second kappa shape index (κ2) is 7.62. The highest BCUT2D eigenvalue weighted by Gasteiger charge is 2.05. The van der Waals surface area contributed by atoms with E-state index >= 15 is 0 Å². The van der Waals surface area contributed by atoms with Crippen molar-refractivity contribution in [1.82, 2.24) is 10.2 Å². The molecule has 0 aliphatic heterocycles. The molecule has 14 heavy (non-hydrogen) atoms. The lowest BCUT2D eigenvalue weighted by atomic mass is 10.3. The van der Waals surface area contributed by atoms with Crippen LogP contribution in [0, 0.1) is 0 Å². The summed E-state index contributed by atoms with van der Waals surface area (Å²) in [5, 5.41) is 2.72. The van der Waals surface area contributed by atoms with Gasteiger partial charge in [0.05, 0.1) is 0 Å². The number of ether oxygens (including phenoxy) is 1. The minimum atomic E-state index is -0.307. The van der Waals surface area contributed by atoms with Crippen LogP contribution in [0.3, 0.4) is 0 Å². The Bertz CT molecular complexity index is 160. The third-order valence-corrected chi connectivity index (χ3v) is 1.93. The van der Waals surface area contributed by atoms with Crippen molar-refractivity contribution in [1.29, 1.82) is 0 Å². The first-order valence-electron chi connectivity index (χ1n) is 5.15. The molecule has 4 heteroatoms. The van der Waals surface area contributed by atoms with Crippen molar-refractivity contribution in [3.8, 4) is 0 Å². The lowest BCUT2D eigenvalue weighted by Gasteiger charge is -2.12. The Balaban J connectivity index is 3.36. The molecule has 0 aliphatic carbocycles. The van der Waals surface area contributed by atoms with Crippen LogP contribution in [0.1, 0.15) is 26.7 Å². The number of amides is 1. The molecule has 0 heterocycles. The number of rotatable bonds is 6. The molecule has 1 unspecified atom stereocenters. The van der Waals surface area contributed by atoms with Gasteiger partial charge in [-0.25, -0.2) is 4.79 Å². The molecule has 0 bridgehead atoms. The van der Waals surface area contributed by atoms with Gasteiger partial charge in [-0.15, -0.1) is 0 Å². The van der Waals surface area contributed by atoms with E-state index in [2.05, 4.69) is 10.2 Å². The fourth-order valence-corrected chi connectivity index (χ4v) is 0.893. The minimum Gasteiger partial charge on any atom is -0.447 e. The van der Waals surface area contributed by atoms with E-state index in [4.69, 9.17) is 4.74 Å². The Morgan fingerprint density at radius 2 is 2.14 bits per heavy atom. The highest BCUT2D eigenvalue weighted by atomic mass is 16.6. The molecule has 0 rings (SSSR count). The zero-order valence-electron chi connectivity index (χ0n) is 9.67. The molecule has 0 aliphatic rings. The highest BCUT2D eigenvalue weighted by molar-refractivity contribution is 5.67. The molecular formula is C10H22N2O2. The van der Waals surface area contributed by atoms with Gasteiger partial charge < -0.3 is 15.0 Å². The molecule has 4 nitrogen and oxygen atoms in total.